The number of rotatable bonds is 4. The summed E-state index contributed by atoms with van der Waals surface area (Å²) >= 11 is 0. The molecule has 0 amide bonds. The molecule has 1 aromatic carbocycles. The van der Waals surface area contributed by atoms with E-state index in [0.717, 1.165) is 25.2 Å². The van der Waals surface area contributed by atoms with Gasteiger partial charge in [0.15, 0.2) is 0 Å². The minimum Gasteiger partial charge on any atom is -0.372 e. The van der Waals surface area contributed by atoms with Crippen molar-refractivity contribution in [1.82, 2.24) is 10.2 Å². The summed E-state index contributed by atoms with van der Waals surface area (Å²) in [5, 5.41) is 3.74. The third kappa shape index (κ3) is 3.47. The van der Waals surface area contributed by atoms with Gasteiger partial charge in [-0.15, -0.1) is 0 Å². The third-order valence-corrected chi connectivity index (χ3v) is 6.08. The van der Waals surface area contributed by atoms with E-state index in [9.17, 15) is 0 Å². The zero-order valence-corrected chi connectivity index (χ0v) is 14.1. The molecule has 0 spiro atoms. The maximum Gasteiger partial charge on any atom is 0.0734 e. The molecule has 1 saturated heterocycles. The van der Waals surface area contributed by atoms with Gasteiger partial charge in [-0.3, -0.25) is 4.90 Å². The van der Waals surface area contributed by atoms with Gasteiger partial charge in [-0.2, -0.15) is 0 Å². The highest BCUT2D eigenvalue weighted by molar-refractivity contribution is 5.13. The van der Waals surface area contributed by atoms with Crippen LogP contribution in [0.25, 0.3) is 0 Å². The Morgan fingerprint density at radius 2 is 1.78 bits per heavy atom. The van der Waals surface area contributed by atoms with E-state index in [-0.39, 0.29) is 0 Å². The molecule has 0 unspecified atom stereocenters. The number of ether oxygens (including phenoxy) is 1. The summed E-state index contributed by atoms with van der Waals surface area (Å²) in [5.41, 5.74) is 1.30. The van der Waals surface area contributed by atoms with Gasteiger partial charge in [-0.25, -0.2) is 0 Å². The molecule has 3 aliphatic rings. The fraction of sp³-hybridized carbons (Fsp3) is 0.700. The summed E-state index contributed by atoms with van der Waals surface area (Å²) < 4.78 is 6.42. The summed E-state index contributed by atoms with van der Waals surface area (Å²) in [6.07, 6.45) is 9.81. The van der Waals surface area contributed by atoms with Crippen LogP contribution in [0.15, 0.2) is 30.3 Å². The van der Waals surface area contributed by atoms with Gasteiger partial charge in [-0.05, 0) is 31.2 Å². The first kappa shape index (κ1) is 15.6. The lowest BCUT2D eigenvalue weighted by molar-refractivity contribution is -0.0643. The summed E-state index contributed by atoms with van der Waals surface area (Å²) in [5.74, 6) is 0. The minimum atomic E-state index is 0.420. The van der Waals surface area contributed by atoms with E-state index in [1.165, 1.54) is 57.1 Å². The molecular formula is C20H30N2O. The van der Waals surface area contributed by atoms with Gasteiger partial charge < -0.3 is 10.1 Å². The second-order valence-corrected chi connectivity index (χ2v) is 7.48. The molecule has 0 aromatic heterocycles. The van der Waals surface area contributed by atoms with E-state index in [0.29, 0.717) is 12.1 Å². The summed E-state index contributed by atoms with van der Waals surface area (Å²) in [7, 11) is 0. The molecule has 4 rings (SSSR count). The molecule has 3 fully saturated rings. The molecule has 2 aliphatic carbocycles. The first-order valence-corrected chi connectivity index (χ1v) is 9.56. The standard InChI is InChI=1S/C20H30N2O/c1-2-7-16(8-3-1)15-23-20-12-5-4-10-19(20)22-14-13-21-17-9-6-11-18(17)22/h1-3,7-8,17-21H,4-6,9-15H2/t17-,18+,19-,20-/m1/s1. The minimum absolute atomic E-state index is 0.420. The maximum atomic E-state index is 6.42. The Morgan fingerprint density at radius 3 is 2.70 bits per heavy atom. The second kappa shape index (κ2) is 7.33. The molecule has 2 saturated carbocycles. The van der Waals surface area contributed by atoms with Crippen LogP contribution in [-0.2, 0) is 11.3 Å². The third-order valence-electron chi connectivity index (χ3n) is 6.08. The van der Waals surface area contributed by atoms with Crippen LogP contribution in [0, 0.1) is 0 Å². The van der Waals surface area contributed by atoms with E-state index in [2.05, 4.69) is 40.5 Å². The van der Waals surface area contributed by atoms with Crippen molar-refractivity contribution in [1.29, 1.82) is 0 Å². The highest BCUT2D eigenvalue weighted by atomic mass is 16.5. The molecule has 1 aromatic rings. The molecule has 1 aliphatic heterocycles. The monoisotopic (exact) mass is 314 g/mol. The Balaban J connectivity index is 1.42. The van der Waals surface area contributed by atoms with Crippen LogP contribution in [0.3, 0.4) is 0 Å². The zero-order chi connectivity index (χ0) is 15.5. The average molecular weight is 314 g/mol. The smallest absolute Gasteiger partial charge is 0.0734 e. The largest absolute Gasteiger partial charge is 0.372 e. The number of nitrogens with one attached hydrogen (secondary N) is 1. The van der Waals surface area contributed by atoms with Crippen molar-refractivity contribution in [3.8, 4) is 0 Å². The summed E-state index contributed by atoms with van der Waals surface area (Å²) in [6, 6.07) is 12.8. The molecule has 3 heteroatoms. The van der Waals surface area contributed by atoms with Crippen molar-refractivity contribution in [2.75, 3.05) is 13.1 Å². The highest BCUT2D eigenvalue weighted by Crippen LogP contribution is 2.34. The lowest BCUT2D eigenvalue weighted by Crippen LogP contribution is -2.61. The van der Waals surface area contributed by atoms with Gasteiger partial charge in [0.05, 0.1) is 12.7 Å². The Labute approximate surface area is 140 Å². The van der Waals surface area contributed by atoms with Gasteiger partial charge in [0, 0.05) is 31.2 Å². The van der Waals surface area contributed by atoms with Crippen LogP contribution in [0.1, 0.15) is 50.5 Å². The zero-order valence-electron chi connectivity index (χ0n) is 14.1. The van der Waals surface area contributed by atoms with E-state index >= 15 is 0 Å². The van der Waals surface area contributed by atoms with Gasteiger partial charge in [-0.1, -0.05) is 49.6 Å². The average Bonchev–Trinajstić information content (AvgIpc) is 3.10. The Hall–Kier alpha value is -0.900. The molecule has 1 N–H and O–H groups in total. The van der Waals surface area contributed by atoms with Crippen LogP contribution in [-0.4, -0.2) is 42.2 Å². The molecule has 23 heavy (non-hydrogen) atoms. The van der Waals surface area contributed by atoms with Gasteiger partial charge in [0.2, 0.25) is 0 Å². The van der Waals surface area contributed by atoms with Gasteiger partial charge in [0.1, 0.15) is 0 Å². The molecule has 3 nitrogen and oxygen atoms in total. The number of benzene rings is 1. The Kier molecular flexibility index (Phi) is 4.98. The predicted molar refractivity (Wildman–Crippen MR) is 93.4 cm³/mol. The second-order valence-electron chi connectivity index (χ2n) is 7.48. The summed E-state index contributed by atoms with van der Waals surface area (Å²) in [6.45, 7) is 3.13. The number of hydrogen-bond acceptors (Lipinski definition) is 3. The van der Waals surface area contributed by atoms with E-state index in [1.54, 1.807) is 0 Å². The van der Waals surface area contributed by atoms with Crippen molar-refractivity contribution in [3.05, 3.63) is 35.9 Å². The number of piperazine rings is 1. The normalized spacial score (nSPS) is 35.1. The van der Waals surface area contributed by atoms with Crippen molar-refractivity contribution in [2.45, 2.75) is 75.8 Å². The first-order valence-electron chi connectivity index (χ1n) is 9.56. The van der Waals surface area contributed by atoms with Crippen molar-refractivity contribution in [3.63, 3.8) is 0 Å². The molecule has 0 radical (unpaired) electrons. The van der Waals surface area contributed by atoms with Gasteiger partial charge >= 0.3 is 0 Å². The quantitative estimate of drug-likeness (QED) is 0.922. The van der Waals surface area contributed by atoms with Crippen LogP contribution < -0.4 is 5.32 Å². The van der Waals surface area contributed by atoms with Crippen LogP contribution in [0.4, 0.5) is 0 Å². The lowest BCUT2D eigenvalue weighted by atomic mass is 9.89. The molecular weight excluding hydrogens is 284 g/mol. The molecule has 1 heterocycles. The van der Waals surface area contributed by atoms with E-state index in [4.69, 9.17) is 4.74 Å². The van der Waals surface area contributed by atoms with E-state index < -0.39 is 0 Å². The van der Waals surface area contributed by atoms with Crippen LogP contribution in [0.2, 0.25) is 0 Å². The fourth-order valence-electron chi connectivity index (χ4n) is 4.96. The molecule has 126 valence electrons. The van der Waals surface area contributed by atoms with Crippen LogP contribution >= 0.6 is 0 Å². The maximum absolute atomic E-state index is 6.42. The highest BCUT2D eigenvalue weighted by Gasteiger charge is 2.41. The SMILES string of the molecule is c1ccc(CO[C@@H]2CCCC[C@H]2N2CCN[C@@H]3CCC[C@@H]32)cc1. The summed E-state index contributed by atoms with van der Waals surface area (Å²) in [4.78, 5) is 2.82. The number of nitrogens with zero attached hydrogens (tertiary/aromatic N) is 1. The lowest BCUT2D eigenvalue weighted by Gasteiger charge is -2.47. The van der Waals surface area contributed by atoms with Gasteiger partial charge in [0.25, 0.3) is 0 Å². The predicted octanol–water partition coefficient (Wildman–Crippen LogP) is 3.34. The van der Waals surface area contributed by atoms with Crippen molar-refractivity contribution in [2.24, 2.45) is 0 Å². The topological polar surface area (TPSA) is 24.5 Å². The number of hydrogen-bond donors (Lipinski definition) is 1. The molecule has 0 bridgehead atoms. The first-order chi connectivity index (χ1) is 11.4. The van der Waals surface area contributed by atoms with E-state index in [1.807, 2.05) is 0 Å². The Morgan fingerprint density at radius 1 is 0.957 bits per heavy atom. The Bertz CT molecular complexity index is 492. The molecule has 4 atom stereocenters. The van der Waals surface area contributed by atoms with Crippen LogP contribution in [0.5, 0.6) is 0 Å². The number of fused-ring (bicyclic) bond motifs is 1. The van der Waals surface area contributed by atoms with Crippen molar-refractivity contribution < 1.29 is 4.74 Å². The fourth-order valence-corrected chi connectivity index (χ4v) is 4.96. The van der Waals surface area contributed by atoms with Crippen molar-refractivity contribution >= 4 is 0 Å².